The maximum atomic E-state index is 13.0. The molecule has 0 fully saturated rings. The lowest BCUT2D eigenvalue weighted by Crippen LogP contribution is -2.11. The van der Waals surface area contributed by atoms with Gasteiger partial charge in [0.25, 0.3) is 0 Å². The first-order valence-electron chi connectivity index (χ1n) is 5.72. The Morgan fingerprint density at radius 2 is 1.89 bits per heavy atom. The summed E-state index contributed by atoms with van der Waals surface area (Å²) in [4.78, 5) is 0. The first-order valence-corrected chi connectivity index (χ1v) is 6.89. The molecule has 0 bridgehead atoms. The summed E-state index contributed by atoms with van der Waals surface area (Å²) >= 11 is 9.05. The summed E-state index contributed by atoms with van der Waals surface area (Å²) in [5.74, 6) is 0.389. The number of rotatable bonds is 5. The fourth-order valence-corrected chi connectivity index (χ4v) is 1.95. The number of hydrogen-bond donors (Lipinski definition) is 1. The minimum Gasteiger partial charge on any atom is -0.492 e. The highest BCUT2D eigenvalue weighted by Gasteiger charge is 2.00. The third-order valence-corrected chi connectivity index (χ3v) is 3.25. The highest BCUT2D eigenvalue weighted by Crippen LogP contribution is 2.19. The van der Waals surface area contributed by atoms with Crippen LogP contribution in [-0.2, 0) is 0 Å². The molecular weight excluding hydrogens is 333 g/mol. The van der Waals surface area contributed by atoms with E-state index in [0.29, 0.717) is 13.2 Å². The van der Waals surface area contributed by atoms with E-state index in [9.17, 15) is 4.39 Å². The van der Waals surface area contributed by atoms with Crippen LogP contribution in [0, 0.1) is 5.82 Å². The van der Waals surface area contributed by atoms with Crippen molar-refractivity contribution in [3.63, 3.8) is 0 Å². The van der Waals surface area contributed by atoms with Gasteiger partial charge in [-0.05, 0) is 42.5 Å². The zero-order valence-electron chi connectivity index (χ0n) is 10.00. The van der Waals surface area contributed by atoms with Gasteiger partial charge in [-0.3, -0.25) is 0 Å². The Labute approximate surface area is 124 Å². The number of halogens is 3. The van der Waals surface area contributed by atoms with E-state index in [2.05, 4.69) is 21.2 Å². The van der Waals surface area contributed by atoms with Crippen molar-refractivity contribution in [3.8, 4) is 5.75 Å². The Balaban J connectivity index is 1.77. The van der Waals surface area contributed by atoms with Gasteiger partial charge in [-0.25, -0.2) is 4.39 Å². The van der Waals surface area contributed by atoms with E-state index in [4.69, 9.17) is 16.3 Å². The van der Waals surface area contributed by atoms with Gasteiger partial charge >= 0.3 is 0 Å². The first kappa shape index (κ1) is 14.2. The molecule has 0 heterocycles. The van der Waals surface area contributed by atoms with E-state index >= 15 is 0 Å². The van der Waals surface area contributed by atoms with Crippen molar-refractivity contribution < 1.29 is 9.13 Å². The molecule has 0 amide bonds. The standard InChI is InChI=1S/C14H12BrClFNO/c15-10-1-4-12(5-2-10)19-8-7-18-11-3-6-14(17)13(16)9-11/h1-6,9,18H,7-8H2. The summed E-state index contributed by atoms with van der Waals surface area (Å²) in [6.45, 7) is 1.12. The topological polar surface area (TPSA) is 21.3 Å². The molecule has 0 saturated heterocycles. The molecule has 2 aromatic rings. The number of ether oxygens (including phenoxy) is 1. The van der Waals surface area contributed by atoms with E-state index < -0.39 is 5.82 Å². The molecule has 100 valence electrons. The van der Waals surface area contributed by atoms with Crippen LogP contribution in [0.5, 0.6) is 5.75 Å². The van der Waals surface area contributed by atoms with E-state index in [0.717, 1.165) is 15.9 Å². The molecule has 0 atom stereocenters. The zero-order chi connectivity index (χ0) is 13.7. The molecule has 0 aliphatic heterocycles. The van der Waals surface area contributed by atoms with Gasteiger partial charge in [0.15, 0.2) is 0 Å². The molecule has 1 N–H and O–H groups in total. The first-order chi connectivity index (χ1) is 9.15. The average molecular weight is 345 g/mol. The van der Waals surface area contributed by atoms with Gasteiger partial charge in [0, 0.05) is 16.7 Å². The molecule has 5 heteroatoms. The Kier molecular flexibility index (Phi) is 5.05. The second kappa shape index (κ2) is 6.78. The van der Waals surface area contributed by atoms with E-state index in [1.54, 1.807) is 12.1 Å². The summed E-state index contributed by atoms with van der Waals surface area (Å²) in [6, 6.07) is 12.1. The molecule has 2 aromatic carbocycles. The Bertz CT molecular complexity index is 548. The molecule has 0 aromatic heterocycles. The number of anilines is 1. The molecule has 0 radical (unpaired) electrons. The minimum absolute atomic E-state index is 0.110. The van der Waals surface area contributed by atoms with Crippen LogP contribution >= 0.6 is 27.5 Å². The molecule has 19 heavy (non-hydrogen) atoms. The lowest BCUT2D eigenvalue weighted by Gasteiger charge is -2.09. The molecule has 0 unspecified atom stereocenters. The molecule has 2 nitrogen and oxygen atoms in total. The second-order valence-electron chi connectivity index (χ2n) is 3.86. The third-order valence-electron chi connectivity index (χ3n) is 2.43. The van der Waals surface area contributed by atoms with Gasteiger partial charge in [-0.15, -0.1) is 0 Å². The largest absolute Gasteiger partial charge is 0.492 e. The number of benzene rings is 2. The van der Waals surface area contributed by atoms with E-state index in [-0.39, 0.29) is 5.02 Å². The van der Waals surface area contributed by atoms with E-state index in [1.807, 2.05) is 24.3 Å². The minimum atomic E-state index is -0.418. The third kappa shape index (κ3) is 4.40. The lowest BCUT2D eigenvalue weighted by atomic mass is 10.3. The van der Waals surface area contributed by atoms with Gasteiger partial charge in [0.1, 0.15) is 18.2 Å². The second-order valence-corrected chi connectivity index (χ2v) is 5.18. The highest BCUT2D eigenvalue weighted by atomic mass is 79.9. The van der Waals surface area contributed by atoms with Crippen molar-refractivity contribution >= 4 is 33.2 Å². The molecule has 0 aliphatic rings. The maximum Gasteiger partial charge on any atom is 0.141 e. The molecule has 2 rings (SSSR count). The monoisotopic (exact) mass is 343 g/mol. The van der Waals surface area contributed by atoms with Crippen molar-refractivity contribution in [1.29, 1.82) is 0 Å². The summed E-state index contributed by atoms with van der Waals surface area (Å²) in [5, 5.41) is 3.22. The normalized spacial score (nSPS) is 10.3. The SMILES string of the molecule is Fc1ccc(NCCOc2ccc(Br)cc2)cc1Cl. The van der Waals surface area contributed by atoms with Crippen LogP contribution < -0.4 is 10.1 Å². The quantitative estimate of drug-likeness (QED) is 0.792. The molecule has 0 spiro atoms. The van der Waals surface area contributed by atoms with Crippen molar-refractivity contribution in [3.05, 3.63) is 57.8 Å². The highest BCUT2D eigenvalue weighted by molar-refractivity contribution is 9.10. The van der Waals surface area contributed by atoms with Gasteiger partial charge in [-0.1, -0.05) is 27.5 Å². The number of hydrogen-bond acceptors (Lipinski definition) is 2. The van der Waals surface area contributed by atoms with E-state index in [1.165, 1.54) is 6.07 Å². The fourth-order valence-electron chi connectivity index (χ4n) is 1.50. The van der Waals surface area contributed by atoms with Gasteiger partial charge < -0.3 is 10.1 Å². The molecular formula is C14H12BrClFNO. The maximum absolute atomic E-state index is 13.0. The van der Waals surface area contributed by atoms with Crippen LogP contribution in [0.15, 0.2) is 46.9 Å². The van der Waals surface area contributed by atoms with Crippen molar-refractivity contribution in [2.75, 3.05) is 18.5 Å². The Morgan fingerprint density at radius 1 is 1.16 bits per heavy atom. The summed E-state index contributed by atoms with van der Waals surface area (Å²) in [7, 11) is 0. The van der Waals surface area contributed by atoms with Crippen molar-refractivity contribution in [1.82, 2.24) is 0 Å². The Morgan fingerprint density at radius 3 is 2.58 bits per heavy atom. The lowest BCUT2D eigenvalue weighted by molar-refractivity contribution is 0.333. The predicted molar refractivity (Wildman–Crippen MR) is 79.5 cm³/mol. The Hall–Kier alpha value is -1.26. The van der Waals surface area contributed by atoms with Crippen LogP contribution in [0.25, 0.3) is 0 Å². The molecule has 0 aliphatic carbocycles. The summed E-state index contributed by atoms with van der Waals surface area (Å²) in [6.07, 6.45) is 0. The van der Waals surface area contributed by atoms with Crippen LogP contribution in [0.2, 0.25) is 5.02 Å². The summed E-state index contributed by atoms with van der Waals surface area (Å²) < 4.78 is 19.5. The van der Waals surface area contributed by atoms with Crippen molar-refractivity contribution in [2.45, 2.75) is 0 Å². The average Bonchev–Trinajstić information content (AvgIpc) is 2.41. The number of nitrogens with one attached hydrogen (secondary N) is 1. The van der Waals surface area contributed by atoms with Gasteiger partial charge in [0.2, 0.25) is 0 Å². The predicted octanol–water partition coefficient (Wildman–Crippen LogP) is 4.73. The molecule has 0 saturated carbocycles. The summed E-state index contributed by atoms with van der Waals surface area (Å²) in [5.41, 5.74) is 0.769. The van der Waals surface area contributed by atoms with Crippen molar-refractivity contribution in [2.24, 2.45) is 0 Å². The van der Waals surface area contributed by atoms with Crippen LogP contribution in [0.1, 0.15) is 0 Å². The smallest absolute Gasteiger partial charge is 0.141 e. The van der Waals surface area contributed by atoms with Crippen LogP contribution in [-0.4, -0.2) is 13.2 Å². The van der Waals surface area contributed by atoms with Gasteiger partial charge in [-0.2, -0.15) is 0 Å². The fraction of sp³-hybridized carbons (Fsp3) is 0.143. The zero-order valence-corrected chi connectivity index (χ0v) is 12.3. The van der Waals surface area contributed by atoms with Crippen LogP contribution in [0.3, 0.4) is 0 Å². The van der Waals surface area contributed by atoms with Gasteiger partial charge in [0.05, 0.1) is 5.02 Å². The van der Waals surface area contributed by atoms with Crippen LogP contribution in [0.4, 0.5) is 10.1 Å².